The van der Waals surface area contributed by atoms with Crippen LogP contribution in [0.4, 0.5) is 0 Å². The number of rotatable bonds is 7. The Bertz CT molecular complexity index is 493. The molecule has 0 radical (unpaired) electrons. The summed E-state index contributed by atoms with van der Waals surface area (Å²) in [6, 6.07) is 6.94. The minimum Gasteiger partial charge on any atom is -0.324 e. The van der Waals surface area contributed by atoms with Gasteiger partial charge in [0, 0.05) is 24.9 Å². The molecule has 0 fully saturated rings. The molecule has 1 aromatic carbocycles. The summed E-state index contributed by atoms with van der Waals surface area (Å²) < 4.78 is 22.7. The Labute approximate surface area is 116 Å². The van der Waals surface area contributed by atoms with Crippen molar-refractivity contribution < 1.29 is 8.42 Å². The standard InChI is InChI=1S/C14H24N2O2S/c1-4-9-14(2,15)11-16-10-12-5-7-13(8-6-12)19(3,17)18/h5-8,16H,4,9-11,15H2,1-3H3. The molecule has 1 aromatic rings. The van der Waals surface area contributed by atoms with E-state index < -0.39 is 9.84 Å². The zero-order valence-corrected chi connectivity index (χ0v) is 12.8. The SMILES string of the molecule is CCCC(C)(N)CNCc1ccc(S(C)(=O)=O)cc1. The molecule has 4 nitrogen and oxygen atoms in total. The second-order valence-corrected chi connectivity index (χ2v) is 7.44. The van der Waals surface area contributed by atoms with Crippen LogP contribution in [0.5, 0.6) is 0 Å². The van der Waals surface area contributed by atoms with Crippen molar-refractivity contribution >= 4 is 9.84 Å². The normalized spacial score (nSPS) is 15.2. The van der Waals surface area contributed by atoms with Gasteiger partial charge in [-0.05, 0) is 31.0 Å². The predicted octanol–water partition coefficient (Wildman–Crippen LogP) is 1.70. The van der Waals surface area contributed by atoms with E-state index in [9.17, 15) is 8.42 Å². The summed E-state index contributed by atoms with van der Waals surface area (Å²) in [7, 11) is -3.11. The lowest BCUT2D eigenvalue weighted by atomic mass is 9.97. The molecule has 0 saturated carbocycles. The summed E-state index contributed by atoms with van der Waals surface area (Å²) in [5.41, 5.74) is 6.99. The van der Waals surface area contributed by atoms with Crippen LogP contribution in [-0.2, 0) is 16.4 Å². The minimum absolute atomic E-state index is 0.193. The molecule has 0 aliphatic heterocycles. The van der Waals surface area contributed by atoms with Gasteiger partial charge in [-0.15, -0.1) is 0 Å². The van der Waals surface area contributed by atoms with Crippen molar-refractivity contribution in [1.29, 1.82) is 0 Å². The van der Waals surface area contributed by atoms with Gasteiger partial charge in [0.1, 0.15) is 0 Å². The van der Waals surface area contributed by atoms with Gasteiger partial charge >= 0.3 is 0 Å². The van der Waals surface area contributed by atoms with Crippen LogP contribution in [0.1, 0.15) is 32.3 Å². The molecule has 1 rings (SSSR count). The van der Waals surface area contributed by atoms with Crippen molar-refractivity contribution in [3.05, 3.63) is 29.8 Å². The van der Waals surface area contributed by atoms with Gasteiger partial charge in [-0.25, -0.2) is 8.42 Å². The van der Waals surface area contributed by atoms with Gasteiger partial charge in [0.2, 0.25) is 0 Å². The van der Waals surface area contributed by atoms with Crippen LogP contribution in [0.2, 0.25) is 0 Å². The lowest BCUT2D eigenvalue weighted by molar-refractivity contribution is 0.396. The number of sulfone groups is 1. The average molecular weight is 284 g/mol. The van der Waals surface area contributed by atoms with Gasteiger partial charge < -0.3 is 11.1 Å². The van der Waals surface area contributed by atoms with Crippen LogP contribution in [0, 0.1) is 0 Å². The highest BCUT2D eigenvalue weighted by molar-refractivity contribution is 7.90. The van der Waals surface area contributed by atoms with Gasteiger partial charge in [0.25, 0.3) is 0 Å². The molecule has 19 heavy (non-hydrogen) atoms. The molecule has 0 heterocycles. The zero-order valence-electron chi connectivity index (χ0n) is 11.9. The summed E-state index contributed by atoms with van der Waals surface area (Å²) in [5, 5.41) is 3.31. The number of benzene rings is 1. The second-order valence-electron chi connectivity index (χ2n) is 5.42. The van der Waals surface area contributed by atoms with E-state index in [1.807, 2.05) is 19.1 Å². The number of hydrogen-bond acceptors (Lipinski definition) is 4. The summed E-state index contributed by atoms with van der Waals surface area (Å²) in [6.45, 7) is 5.60. The Kier molecular flexibility index (Phi) is 5.52. The van der Waals surface area contributed by atoms with Crippen molar-refractivity contribution in [2.24, 2.45) is 5.73 Å². The number of hydrogen-bond donors (Lipinski definition) is 2. The van der Waals surface area contributed by atoms with Crippen molar-refractivity contribution in [3.8, 4) is 0 Å². The first-order valence-corrected chi connectivity index (χ1v) is 8.42. The monoisotopic (exact) mass is 284 g/mol. The van der Waals surface area contributed by atoms with Crippen LogP contribution < -0.4 is 11.1 Å². The Morgan fingerprint density at radius 2 is 1.84 bits per heavy atom. The van der Waals surface area contributed by atoms with Crippen molar-refractivity contribution in [2.75, 3.05) is 12.8 Å². The van der Waals surface area contributed by atoms with Gasteiger partial charge in [-0.1, -0.05) is 25.5 Å². The Morgan fingerprint density at radius 3 is 2.32 bits per heavy atom. The highest BCUT2D eigenvalue weighted by atomic mass is 32.2. The lowest BCUT2D eigenvalue weighted by Crippen LogP contribution is -2.45. The van der Waals surface area contributed by atoms with Gasteiger partial charge in [0.15, 0.2) is 9.84 Å². The molecule has 1 atom stereocenters. The molecule has 0 saturated heterocycles. The number of nitrogens with two attached hydrogens (primary N) is 1. The smallest absolute Gasteiger partial charge is 0.175 e. The third kappa shape index (κ3) is 5.72. The first-order chi connectivity index (χ1) is 8.74. The fourth-order valence-electron chi connectivity index (χ4n) is 2.01. The Morgan fingerprint density at radius 1 is 1.26 bits per heavy atom. The molecular weight excluding hydrogens is 260 g/mol. The minimum atomic E-state index is -3.11. The molecule has 0 aliphatic rings. The molecule has 0 amide bonds. The van der Waals surface area contributed by atoms with E-state index in [0.717, 1.165) is 24.9 Å². The van der Waals surface area contributed by atoms with Crippen molar-refractivity contribution in [1.82, 2.24) is 5.32 Å². The molecule has 3 N–H and O–H groups in total. The summed E-state index contributed by atoms with van der Waals surface area (Å²) >= 11 is 0. The highest BCUT2D eigenvalue weighted by Gasteiger charge is 2.16. The van der Waals surface area contributed by atoms with Crippen LogP contribution in [-0.4, -0.2) is 26.8 Å². The molecular formula is C14H24N2O2S. The van der Waals surface area contributed by atoms with Crippen LogP contribution in [0.25, 0.3) is 0 Å². The molecule has 1 unspecified atom stereocenters. The second kappa shape index (κ2) is 6.50. The largest absolute Gasteiger partial charge is 0.324 e. The number of nitrogens with one attached hydrogen (secondary N) is 1. The van der Waals surface area contributed by atoms with Crippen molar-refractivity contribution in [3.63, 3.8) is 0 Å². The Balaban J connectivity index is 2.51. The first-order valence-electron chi connectivity index (χ1n) is 6.53. The van der Waals surface area contributed by atoms with Gasteiger partial charge in [-0.3, -0.25) is 0 Å². The average Bonchev–Trinajstić information content (AvgIpc) is 2.28. The quantitative estimate of drug-likeness (QED) is 0.799. The fourth-order valence-corrected chi connectivity index (χ4v) is 2.64. The van der Waals surface area contributed by atoms with Gasteiger partial charge in [0.05, 0.1) is 4.90 Å². The molecule has 0 aliphatic carbocycles. The van der Waals surface area contributed by atoms with E-state index in [0.29, 0.717) is 11.4 Å². The van der Waals surface area contributed by atoms with E-state index >= 15 is 0 Å². The summed E-state index contributed by atoms with van der Waals surface area (Å²) in [6.07, 6.45) is 3.26. The van der Waals surface area contributed by atoms with E-state index in [4.69, 9.17) is 5.73 Å². The Hall–Kier alpha value is -0.910. The maximum absolute atomic E-state index is 11.3. The van der Waals surface area contributed by atoms with Crippen molar-refractivity contribution in [2.45, 2.75) is 43.7 Å². The highest BCUT2D eigenvalue weighted by Crippen LogP contribution is 2.11. The molecule has 0 bridgehead atoms. The third-order valence-electron chi connectivity index (χ3n) is 3.03. The van der Waals surface area contributed by atoms with E-state index in [2.05, 4.69) is 12.2 Å². The van der Waals surface area contributed by atoms with Gasteiger partial charge in [-0.2, -0.15) is 0 Å². The van der Waals surface area contributed by atoms with Crippen LogP contribution in [0.3, 0.4) is 0 Å². The molecule has 0 spiro atoms. The fraction of sp³-hybridized carbons (Fsp3) is 0.571. The maximum atomic E-state index is 11.3. The predicted molar refractivity (Wildman–Crippen MR) is 78.8 cm³/mol. The topological polar surface area (TPSA) is 72.2 Å². The molecule has 5 heteroatoms. The maximum Gasteiger partial charge on any atom is 0.175 e. The van der Waals surface area contributed by atoms with E-state index in [1.54, 1.807) is 12.1 Å². The van der Waals surface area contributed by atoms with Crippen LogP contribution in [0.15, 0.2) is 29.2 Å². The molecule has 108 valence electrons. The zero-order chi connectivity index (χ0) is 14.5. The lowest BCUT2D eigenvalue weighted by Gasteiger charge is -2.24. The van der Waals surface area contributed by atoms with E-state index in [1.165, 1.54) is 6.26 Å². The first kappa shape index (κ1) is 16.1. The van der Waals surface area contributed by atoms with Crippen LogP contribution >= 0.6 is 0 Å². The van der Waals surface area contributed by atoms with E-state index in [-0.39, 0.29) is 5.54 Å². The molecule has 0 aromatic heterocycles. The summed E-state index contributed by atoms with van der Waals surface area (Å²) in [4.78, 5) is 0.353. The third-order valence-corrected chi connectivity index (χ3v) is 4.16. The summed E-state index contributed by atoms with van der Waals surface area (Å²) in [5.74, 6) is 0.